The molecule has 0 spiro atoms. The minimum atomic E-state index is -2.95. The summed E-state index contributed by atoms with van der Waals surface area (Å²) in [6.45, 7) is 1.41. The van der Waals surface area contributed by atoms with Gasteiger partial charge in [-0.05, 0) is 42.3 Å². The zero-order chi connectivity index (χ0) is 18.5. The number of imidazole rings is 1. The van der Waals surface area contributed by atoms with Gasteiger partial charge in [-0.2, -0.15) is 9.65 Å². The number of aliphatic hydroxyl groups is 2. The van der Waals surface area contributed by atoms with E-state index >= 15 is 4.39 Å². The van der Waals surface area contributed by atoms with E-state index in [1.807, 2.05) is 13.0 Å². The highest BCUT2D eigenvalue weighted by atomic mass is 19.2. The topological polar surface area (TPSA) is 109 Å². The molecule has 130 valence electrons. The van der Waals surface area contributed by atoms with Crippen LogP contribution in [0.5, 0.6) is 0 Å². The molecule has 1 unspecified atom stereocenters. The van der Waals surface area contributed by atoms with Crippen molar-refractivity contribution in [3.05, 3.63) is 64.6 Å². The van der Waals surface area contributed by atoms with E-state index < -0.39 is 12.5 Å². The van der Waals surface area contributed by atoms with Gasteiger partial charge in [0.2, 0.25) is 0 Å². The first kappa shape index (κ1) is 16.3. The summed E-state index contributed by atoms with van der Waals surface area (Å²) in [7, 11) is 0. The molecule has 0 fully saturated rings. The van der Waals surface area contributed by atoms with Crippen LogP contribution < -0.4 is 0 Å². The minimum absolute atomic E-state index is 0.0542. The van der Waals surface area contributed by atoms with Crippen molar-refractivity contribution in [1.82, 2.24) is 15.0 Å². The molecule has 4 rings (SSSR count). The fraction of sp³-hybridized carbons (Fsp3) is 0.158. The standard InChI is InChI=1S/C19H15FN4O2/c1-10-6-12(9-25)16(13-4-5-22-17(10)13)19(20,26)18-23-14-3-2-11(8-21)7-15(14)24-18/h2-7,22,25-26H,9H2,1H3,(H,23,24). The second-order valence-corrected chi connectivity index (χ2v) is 6.20. The second kappa shape index (κ2) is 5.66. The van der Waals surface area contributed by atoms with Crippen molar-refractivity contribution in [3.63, 3.8) is 0 Å². The van der Waals surface area contributed by atoms with Gasteiger partial charge in [0.15, 0.2) is 5.82 Å². The van der Waals surface area contributed by atoms with Crippen molar-refractivity contribution >= 4 is 21.9 Å². The molecule has 0 bridgehead atoms. The first-order valence-electron chi connectivity index (χ1n) is 7.98. The van der Waals surface area contributed by atoms with Gasteiger partial charge in [0.05, 0.1) is 29.3 Å². The number of fused-ring (bicyclic) bond motifs is 2. The number of aromatic nitrogens is 3. The molecule has 0 radical (unpaired) electrons. The van der Waals surface area contributed by atoms with Gasteiger partial charge in [-0.25, -0.2) is 4.98 Å². The SMILES string of the molecule is Cc1cc(CO)c(C(O)(F)c2nc3cc(C#N)ccc3[nH]2)c2cc[nH]c12. The van der Waals surface area contributed by atoms with E-state index in [2.05, 4.69) is 15.0 Å². The third-order valence-electron chi connectivity index (χ3n) is 4.55. The van der Waals surface area contributed by atoms with Crippen molar-refractivity contribution in [2.45, 2.75) is 19.4 Å². The molecule has 0 saturated carbocycles. The van der Waals surface area contributed by atoms with E-state index in [4.69, 9.17) is 5.26 Å². The molecule has 4 aromatic rings. The van der Waals surface area contributed by atoms with E-state index in [-0.39, 0.29) is 17.0 Å². The molecule has 2 aromatic carbocycles. The Morgan fingerprint density at radius 2 is 2.12 bits per heavy atom. The summed E-state index contributed by atoms with van der Waals surface area (Å²) in [5, 5.41) is 29.9. The smallest absolute Gasteiger partial charge is 0.292 e. The lowest BCUT2D eigenvalue weighted by atomic mass is 9.94. The van der Waals surface area contributed by atoms with Crippen LogP contribution in [-0.2, 0) is 12.5 Å². The van der Waals surface area contributed by atoms with Gasteiger partial charge in [-0.15, -0.1) is 0 Å². The Morgan fingerprint density at radius 3 is 2.85 bits per heavy atom. The number of H-pyrrole nitrogens is 2. The fourth-order valence-electron chi connectivity index (χ4n) is 3.35. The number of nitriles is 1. The second-order valence-electron chi connectivity index (χ2n) is 6.20. The number of aromatic amines is 2. The van der Waals surface area contributed by atoms with Crippen LogP contribution in [0, 0.1) is 18.3 Å². The molecule has 0 aliphatic carbocycles. The first-order chi connectivity index (χ1) is 12.5. The van der Waals surface area contributed by atoms with Gasteiger partial charge < -0.3 is 20.2 Å². The third kappa shape index (κ3) is 2.28. The number of hydrogen-bond donors (Lipinski definition) is 4. The van der Waals surface area contributed by atoms with E-state index in [1.54, 1.807) is 30.5 Å². The van der Waals surface area contributed by atoms with E-state index in [0.717, 1.165) is 5.56 Å². The van der Waals surface area contributed by atoms with Crippen LogP contribution in [0.3, 0.4) is 0 Å². The van der Waals surface area contributed by atoms with Crippen molar-refractivity contribution in [3.8, 4) is 6.07 Å². The van der Waals surface area contributed by atoms with Gasteiger partial charge in [-0.3, -0.25) is 0 Å². The summed E-state index contributed by atoms with van der Waals surface area (Å²) in [4.78, 5) is 9.92. The lowest BCUT2D eigenvalue weighted by Crippen LogP contribution is -2.25. The molecule has 7 heteroatoms. The number of aliphatic hydroxyl groups excluding tert-OH is 1. The highest BCUT2D eigenvalue weighted by molar-refractivity contribution is 5.88. The maximum absolute atomic E-state index is 15.6. The Morgan fingerprint density at radius 1 is 1.31 bits per heavy atom. The van der Waals surface area contributed by atoms with Crippen LogP contribution in [0.1, 0.15) is 28.1 Å². The molecule has 4 N–H and O–H groups in total. The molecule has 0 aliphatic rings. The number of nitrogens with zero attached hydrogens (tertiary/aromatic N) is 2. The van der Waals surface area contributed by atoms with Crippen LogP contribution in [0.4, 0.5) is 4.39 Å². The number of halogens is 1. The molecule has 0 aliphatic heterocycles. The molecular weight excluding hydrogens is 335 g/mol. The first-order valence-corrected chi connectivity index (χ1v) is 7.98. The Bertz CT molecular complexity index is 1180. The predicted molar refractivity (Wildman–Crippen MR) is 93.9 cm³/mol. The van der Waals surface area contributed by atoms with Crippen molar-refractivity contribution < 1.29 is 14.6 Å². The molecule has 1 atom stereocenters. The lowest BCUT2D eigenvalue weighted by Gasteiger charge is -2.21. The van der Waals surface area contributed by atoms with E-state index in [9.17, 15) is 10.2 Å². The summed E-state index contributed by atoms with van der Waals surface area (Å²) in [6, 6.07) is 9.98. The number of rotatable bonds is 3. The summed E-state index contributed by atoms with van der Waals surface area (Å²) in [5.74, 6) is -3.25. The molecule has 2 aromatic heterocycles. The van der Waals surface area contributed by atoms with Crippen LogP contribution in [0.25, 0.3) is 21.9 Å². The molecule has 6 nitrogen and oxygen atoms in total. The average molecular weight is 350 g/mol. The number of alkyl halides is 1. The summed E-state index contributed by atoms with van der Waals surface area (Å²) >= 11 is 0. The maximum atomic E-state index is 15.6. The van der Waals surface area contributed by atoms with E-state index in [0.29, 0.717) is 27.5 Å². The molecule has 0 amide bonds. The highest BCUT2D eigenvalue weighted by Crippen LogP contribution is 2.38. The average Bonchev–Trinajstić information content (AvgIpc) is 3.27. The Kier molecular flexibility index (Phi) is 3.54. The van der Waals surface area contributed by atoms with Gasteiger partial charge in [0.1, 0.15) is 0 Å². The molecular formula is C19H15FN4O2. The lowest BCUT2D eigenvalue weighted by molar-refractivity contribution is -0.0615. The quantitative estimate of drug-likeness (QED) is 0.455. The van der Waals surface area contributed by atoms with Crippen LogP contribution in [0.2, 0.25) is 0 Å². The highest BCUT2D eigenvalue weighted by Gasteiger charge is 2.39. The Hall–Kier alpha value is -3.21. The number of aryl methyl sites for hydroxylation is 1. The van der Waals surface area contributed by atoms with Gasteiger partial charge in [0.25, 0.3) is 5.85 Å². The maximum Gasteiger partial charge on any atom is 0.292 e. The third-order valence-corrected chi connectivity index (χ3v) is 4.55. The summed E-state index contributed by atoms with van der Waals surface area (Å²) in [5.41, 5.74) is 2.99. The number of benzene rings is 2. The van der Waals surface area contributed by atoms with Crippen molar-refractivity contribution in [2.24, 2.45) is 0 Å². The van der Waals surface area contributed by atoms with Gasteiger partial charge >= 0.3 is 0 Å². The van der Waals surface area contributed by atoms with Crippen LogP contribution in [-0.4, -0.2) is 25.2 Å². The minimum Gasteiger partial charge on any atom is -0.392 e. The summed E-state index contributed by atoms with van der Waals surface area (Å²) < 4.78 is 15.6. The largest absolute Gasteiger partial charge is 0.392 e. The summed E-state index contributed by atoms with van der Waals surface area (Å²) in [6.07, 6.45) is 1.65. The van der Waals surface area contributed by atoms with Crippen LogP contribution >= 0.6 is 0 Å². The Balaban J connectivity index is 1.97. The Labute approximate surface area is 147 Å². The van der Waals surface area contributed by atoms with Crippen molar-refractivity contribution in [1.29, 1.82) is 5.26 Å². The predicted octanol–water partition coefficient (Wildman–Crippen LogP) is 2.88. The normalized spacial score (nSPS) is 13.8. The zero-order valence-corrected chi connectivity index (χ0v) is 13.8. The number of hydrogen-bond acceptors (Lipinski definition) is 4. The zero-order valence-electron chi connectivity index (χ0n) is 13.8. The molecule has 0 saturated heterocycles. The fourth-order valence-corrected chi connectivity index (χ4v) is 3.35. The molecule has 26 heavy (non-hydrogen) atoms. The molecule has 2 heterocycles. The number of nitrogens with one attached hydrogen (secondary N) is 2. The van der Waals surface area contributed by atoms with Crippen LogP contribution in [0.15, 0.2) is 36.5 Å². The van der Waals surface area contributed by atoms with Gasteiger partial charge in [0, 0.05) is 22.7 Å². The van der Waals surface area contributed by atoms with Gasteiger partial charge in [-0.1, -0.05) is 6.07 Å². The monoisotopic (exact) mass is 350 g/mol. The van der Waals surface area contributed by atoms with Crippen molar-refractivity contribution in [2.75, 3.05) is 0 Å². The van der Waals surface area contributed by atoms with E-state index in [1.165, 1.54) is 6.07 Å².